The lowest BCUT2D eigenvalue weighted by Crippen LogP contribution is -2.42. The van der Waals surface area contributed by atoms with Gasteiger partial charge in [-0.15, -0.1) is 0 Å². The van der Waals surface area contributed by atoms with Crippen molar-refractivity contribution in [2.45, 2.75) is 45.1 Å². The summed E-state index contributed by atoms with van der Waals surface area (Å²) in [6.45, 7) is 9.04. The van der Waals surface area contributed by atoms with Crippen molar-refractivity contribution in [2.24, 2.45) is 5.92 Å². The van der Waals surface area contributed by atoms with E-state index in [-0.39, 0.29) is 0 Å². The molecule has 0 unspecified atom stereocenters. The molecule has 1 saturated heterocycles. The number of hydrogen-bond donors (Lipinski definition) is 1. The first kappa shape index (κ1) is 13.3. The van der Waals surface area contributed by atoms with Crippen LogP contribution in [0.15, 0.2) is 0 Å². The summed E-state index contributed by atoms with van der Waals surface area (Å²) >= 11 is 0. The van der Waals surface area contributed by atoms with Gasteiger partial charge >= 0.3 is 0 Å². The molecule has 0 aromatic rings. The lowest BCUT2D eigenvalue weighted by Gasteiger charge is -2.32. The first-order chi connectivity index (χ1) is 8.38. The molecule has 100 valence electrons. The minimum atomic E-state index is 0.766. The maximum absolute atomic E-state index is 5.67. The lowest BCUT2D eigenvalue weighted by atomic mass is 10.1. The Hall–Kier alpha value is -0.120. The standard InChI is InChI=1S/C14H28N2O/c1-2-15-14-6-9-16(10-7-14)8-3-11-17-12-13-4-5-13/h13-15H,2-12H2,1H3. The molecule has 1 aliphatic carbocycles. The highest BCUT2D eigenvalue weighted by molar-refractivity contribution is 4.76. The zero-order valence-corrected chi connectivity index (χ0v) is 11.3. The van der Waals surface area contributed by atoms with E-state index in [1.54, 1.807) is 0 Å². The van der Waals surface area contributed by atoms with Crippen molar-refractivity contribution in [2.75, 3.05) is 39.4 Å². The molecule has 1 saturated carbocycles. The zero-order chi connectivity index (χ0) is 11.9. The Morgan fingerprint density at radius 3 is 2.59 bits per heavy atom. The van der Waals surface area contributed by atoms with Gasteiger partial charge in [-0.3, -0.25) is 0 Å². The largest absolute Gasteiger partial charge is 0.381 e. The summed E-state index contributed by atoms with van der Waals surface area (Å²) in [4.78, 5) is 2.59. The number of rotatable bonds is 8. The summed E-state index contributed by atoms with van der Waals surface area (Å²) in [6.07, 6.45) is 6.64. The van der Waals surface area contributed by atoms with Crippen molar-refractivity contribution in [3.63, 3.8) is 0 Å². The topological polar surface area (TPSA) is 24.5 Å². The fraction of sp³-hybridized carbons (Fsp3) is 1.00. The summed E-state index contributed by atoms with van der Waals surface area (Å²) < 4.78 is 5.67. The summed E-state index contributed by atoms with van der Waals surface area (Å²) in [5.74, 6) is 0.908. The molecule has 0 amide bonds. The summed E-state index contributed by atoms with van der Waals surface area (Å²) in [7, 11) is 0. The van der Waals surface area contributed by atoms with Crippen LogP contribution in [0, 0.1) is 5.92 Å². The van der Waals surface area contributed by atoms with Crippen LogP contribution in [-0.4, -0.2) is 50.3 Å². The minimum Gasteiger partial charge on any atom is -0.381 e. The molecular formula is C14H28N2O. The van der Waals surface area contributed by atoms with Gasteiger partial charge in [0.2, 0.25) is 0 Å². The highest BCUT2D eigenvalue weighted by Gasteiger charge is 2.21. The van der Waals surface area contributed by atoms with Crippen molar-refractivity contribution in [1.29, 1.82) is 0 Å². The van der Waals surface area contributed by atoms with Gasteiger partial charge in [-0.25, -0.2) is 0 Å². The molecule has 2 aliphatic rings. The third-order valence-corrected chi connectivity index (χ3v) is 3.89. The third kappa shape index (κ3) is 5.36. The molecule has 2 rings (SSSR count). The Labute approximate surface area is 106 Å². The minimum absolute atomic E-state index is 0.766. The van der Waals surface area contributed by atoms with Gasteiger partial charge in [-0.05, 0) is 57.7 Å². The summed E-state index contributed by atoms with van der Waals surface area (Å²) in [5, 5.41) is 3.55. The smallest absolute Gasteiger partial charge is 0.0494 e. The van der Waals surface area contributed by atoms with Gasteiger partial charge in [0.15, 0.2) is 0 Å². The molecular weight excluding hydrogens is 212 g/mol. The van der Waals surface area contributed by atoms with Crippen LogP contribution in [0.3, 0.4) is 0 Å². The fourth-order valence-electron chi connectivity index (χ4n) is 2.57. The number of nitrogens with one attached hydrogen (secondary N) is 1. The van der Waals surface area contributed by atoms with E-state index < -0.39 is 0 Å². The van der Waals surface area contributed by atoms with Crippen LogP contribution in [0.5, 0.6) is 0 Å². The van der Waals surface area contributed by atoms with Gasteiger partial charge < -0.3 is 15.0 Å². The number of ether oxygens (including phenoxy) is 1. The molecule has 1 heterocycles. The van der Waals surface area contributed by atoms with Crippen molar-refractivity contribution in [3.05, 3.63) is 0 Å². The molecule has 0 bridgehead atoms. The quantitative estimate of drug-likeness (QED) is 0.656. The van der Waals surface area contributed by atoms with E-state index in [0.29, 0.717) is 0 Å². The van der Waals surface area contributed by atoms with Crippen LogP contribution < -0.4 is 5.32 Å². The first-order valence-corrected chi connectivity index (χ1v) is 7.42. The zero-order valence-electron chi connectivity index (χ0n) is 11.3. The number of hydrogen-bond acceptors (Lipinski definition) is 3. The monoisotopic (exact) mass is 240 g/mol. The second-order valence-electron chi connectivity index (χ2n) is 5.55. The molecule has 0 atom stereocenters. The second-order valence-corrected chi connectivity index (χ2v) is 5.55. The van der Waals surface area contributed by atoms with Crippen molar-refractivity contribution < 1.29 is 4.74 Å². The van der Waals surface area contributed by atoms with E-state index >= 15 is 0 Å². The fourth-order valence-corrected chi connectivity index (χ4v) is 2.57. The van der Waals surface area contributed by atoms with Crippen LogP contribution in [0.1, 0.15) is 39.0 Å². The van der Waals surface area contributed by atoms with Gasteiger partial charge in [0.05, 0.1) is 0 Å². The van der Waals surface area contributed by atoms with Gasteiger partial charge in [-0.1, -0.05) is 6.92 Å². The Bertz CT molecular complexity index is 198. The van der Waals surface area contributed by atoms with Crippen molar-refractivity contribution in [3.8, 4) is 0 Å². The number of likely N-dealkylation sites (tertiary alicyclic amines) is 1. The van der Waals surface area contributed by atoms with E-state index in [1.165, 1.54) is 51.7 Å². The molecule has 3 nitrogen and oxygen atoms in total. The van der Waals surface area contributed by atoms with Crippen LogP contribution >= 0.6 is 0 Å². The molecule has 1 N–H and O–H groups in total. The molecule has 3 heteroatoms. The Kier molecular flexibility index (Phi) is 5.75. The van der Waals surface area contributed by atoms with E-state index in [2.05, 4.69) is 17.1 Å². The van der Waals surface area contributed by atoms with E-state index in [1.807, 2.05) is 0 Å². The highest BCUT2D eigenvalue weighted by atomic mass is 16.5. The van der Waals surface area contributed by atoms with Crippen molar-refractivity contribution >= 4 is 0 Å². The maximum atomic E-state index is 5.67. The molecule has 1 aliphatic heterocycles. The normalized spacial score (nSPS) is 23.1. The van der Waals surface area contributed by atoms with Gasteiger partial charge in [0, 0.05) is 25.8 Å². The predicted molar refractivity (Wildman–Crippen MR) is 71.3 cm³/mol. The van der Waals surface area contributed by atoms with E-state index in [9.17, 15) is 0 Å². The summed E-state index contributed by atoms with van der Waals surface area (Å²) in [6, 6.07) is 0.766. The lowest BCUT2D eigenvalue weighted by molar-refractivity contribution is 0.106. The highest BCUT2D eigenvalue weighted by Crippen LogP contribution is 2.28. The number of nitrogens with zero attached hydrogens (tertiary/aromatic N) is 1. The average molecular weight is 240 g/mol. The Balaban J connectivity index is 1.43. The van der Waals surface area contributed by atoms with Gasteiger partial charge in [0.1, 0.15) is 0 Å². The van der Waals surface area contributed by atoms with Crippen molar-refractivity contribution in [1.82, 2.24) is 10.2 Å². The maximum Gasteiger partial charge on any atom is 0.0494 e. The molecule has 2 fully saturated rings. The SMILES string of the molecule is CCNC1CCN(CCCOCC2CC2)CC1. The molecule has 0 radical (unpaired) electrons. The van der Waals surface area contributed by atoms with Crippen LogP contribution in [0.4, 0.5) is 0 Å². The van der Waals surface area contributed by atoms with Crippen LogP contribution in [0.25, 0.3) is 0 Å². The molecule has 17 heavy (non-hydrogen) atoms. The van der Waals surface area contributed by atoms with E-state index in [0.717, 1.165) is 31.7 Å². The molecule has 0 spiro atoms. The first-order valence-electron chi connectivity index (χ1n) is 7.42. The average Bonchev–Trinajstić information content (AvgIpc) is 3.15. The predicted octanol–water partition coefficient (Wildman–Crippen LogP) is 1.88. The van der Waals surface area contributed by atoms with Gasteiger partial charge in [0.25, 0.3) is 0 Å². The van der Waals surface area contributed by atoms with E-state index in [4.69, 9.17) is 4.74 Å². The van der Waals surface area contributed by atoms with Crippen LogP contribution in [-0.2, 0) is 4.74 Å². The molecule has 0 aromatic heterocycles. The van der Waals surface area contributed by atoms with Crippen LogP contribution in [0.2, 0.25) is 0 Å². The summed E-state index contributed by atoms with van der Waals surface area (Å²) in [5.41, 5.74) is 0. The Morgan fingerprint density at radius 2 is 1.94 bits per heavy atom. The van der Waals surface area contributed by atoms with Gasteiger partial charge in [-0.2, -0.15) is 0 Å². The number of piperidine rings is 1. The molecule has 0 aromatic carbocycles. The third-order valence-electron chi connectivity index (χ3n) is 3.89. The Morgan fingerprint density at radius 1 is 1.18 bits per heavy atom. The second kappa shape index (κ2) is 7.34.